The Morgan fingerprint density at radius 1 is 1.20 bits per heavy atom. The largest absolute Gasteiger partial charge is 0.357 e. The van der Waals surface area contributed by atoms with Gasteiger partial charge in [-0.15, -0.1) is 24.0 Å². The molecule has 0 bridgehead atoms. The van der Waals surface area contributed by atoms with Crippen LogP contribution in [0.3, 0.4) is 0 Å². The van der Waals surface area contributed by atoms with E-state index in [0.717, 1.165) is 45.0 Å². The molecule has 1 saturated heterocycles. The SMILES string of the molecule is CCNC(=NCC1(CC)CCCC1)NC1CCN(CC(F)F)CC1.I. The third-order valence-electron chi connectivity index (χ3n) is 5.66. The molecule has 0 aromatic carbocycles. The zero-order valence-corrected chi connectivity index (χ0v) is 18.0. The van der Waals surface area contributed by atoms with Gasteiger partial charge in [-0.1, -0.05) is 19.8 Å². The Morgan fingerprint density at radius 2 is 1.84 bits per heavy atom. The van der Waals surface area contributed by atoms with Crippen LogP contribution < -0.4 is 10.6 Å². The minimum atomic E-state index is -2.23. The van der Waals surface area contributed by atoms with E-state index in [2.05, 4.69) is 24.5 Å². The lowest BCUT2D eigenvalue weighted by Gasteiger charge is -2.33. The van der Waals surface area contributed by atoms with Crippen LogP contribution in [0.2, 0.25) is 0 Å². The average molecular weight is 472 g/mol. The van der Waals surface area contributed by atoms with E-state index in [0.29, 0.717) is 11.5 Å². The van der Waals surface area contributed by atoms with Crippen molar-refractivity contribution >= 4 is 29.9 Å². The lowest BCUT2D eigenvalue weighted by Crippen LogP contribution is -2.49. The molecule has 4 nitrogen and oxygen atoms in total. The first-order chi connectivity index (χ1) is 11.6. The second kappa shape index (κ2) is 11.5. The number of nitrogens with zero attached hydrogens (tertiary/aromatic N) is 2. The van der Waals surface area contributed by atoms with Crippen molar-refractivity contribution in [3.8, 4) is 0 Å². The Balaban J connectivity index is 0.00000312. The van der Waals surface area contributed by atoms with Crippen LogP contribution in [-0.4, -0.2) is 56.1 Å². The van der Waals surface area contributed by atoms with Crippen LogP contribution in [-0.2, 0) is 0 Å². The van der Waals surface area contributed by atoms with Gasteiger partial charge in [0.05, 0.1) is 6.54 Å². The van der Waals surface area contributed by atoms with Crippen molar-refractivity contribution in [3.05, 3.63) is 0 Å². The van der Waals surface area contributed by atoms with Crippen LogP contribution in [0, 0.1) is 5.41 Å². The summed E-state index contributed by atoms with van der Waals surface area (Å²) in [7, 11) is 0. The smallest absolute Gasteiger partial charge is 0.251 e. The van der Waals surface area contributed by atoms with Crippen LogP contribution in [0.15, 0.2) is 4.99 Å². The molecule has 25 heavy (non-hydrogen) atoms. The standard InChI is InChI=1S/C18H34F2N4.HI/c1-3-18(9-5-6-10-18)14-22-17(21-4-2)23-15-7-11-24(12-8-15)13-16(19)20;/h15-16H,3-14H2,1-2H3,(H2,21,22,23);1H. The van der Waals surface area contributed by atoms with E-state index >= 15 is 0 Å². The minimum Gasteiger partial charge on any atom is -0.357 e. The Morgan fingerprint density at radius 3 is 2.36 bits per heavy atom. The third kappa shape index (κ3) is 7.53. The molecule has 1 heterocycles. The monoisotopic (exact) mass is 472 g/mol. The van der Waals surface area contributed by atoms with Crippen LogP contribution in [0.25, 0.3) is 0 Å². The summed E-state index contributed by atoms with van der Waals surface area (Å²) in [5, 5.41) is 6.86. The minimum absolute atomic E-state index is 0. The second-order valence-corrected chi connectivity index (χ2v) is 7.37. The maximum atomic E-state index is 12.5. The average Bonchev–Trinajstić information content (AvgIpc) is 3.04. The molecule has 148 valence electrons. The van der Waals surface area contributed by atoms with Crippen LogP contribution >= 0.6 is 24.0 Å². The predicted molar refractivity (Wildman–Crippen MR) is 111 cm³/mol. The number of piperidine rings is 1. The Hall–Kier alpha value is -0.180. The van der Waals surface area contributed by atoms with Gasteiger partial charge in [-0.2, -0.15) is 0 Å². The van der Waals surface area contributed by atoms with Crippen molar-refractivity contribution in [2.75, 3.05) is 32.7 Å². The van der Waals surface area contributed by atoms with Crippen molar-refractivity contribution in [3.63, 3.8) is 0 Å². The van der Waals surface area contributed by atoms with Crippen molar-refractivity contribution in [2.45, 2.75) is 71.3 Å². The van der Waals surface area contributed by atoms with Crippen molar-refractivity contribution in [1.29, 1.82) is 0 Å². The Bertz CT molecular complexity index is 393. The van der Waals surface area contributed by atoms with E-state index in [1.165, 1.54) is 32.1 Å². The molecule has 2 fully saturated rings. The molecule has 0 amide bonds. The van der Waals surface area contributed by atoms with Gasteiger partial charge in [0.1, 0.15) is 0 Å². The molecule has 2 rings (SSSR count). The molecule has 1 aliphatic carbocycles. The number of aliphatic imine (C=N–C) groups is 1. The van der Waals surface area contributed by atoms with E-state index < -0.39 is 6.43 Å². The van der Waals surface area contributed by atoms with E-state index in [1.807, 2.05) is 4.90 Å². The summed E-state index contributed by atoms with van der Waals surface area (Å²) in [6.45, 7) is 7.46. The second-order valence-electron chi connectivity index (χ2n) is 7.37. The van der Waals surface area contributed by atoms with Gasteiger partial charge in [-0.3, -0.25) is 9.89 Å². The highest BCUT2D eigenvalue weighted by Crippen LogP contribution is 2.41. The van der Waals surface area contributed by atoms with Gasteiger partial charge in [0.2, 0.25) is 0 Å². The first-order valence-corrected chi connectivity index (χ1v) is 9.62. The predicted octanol–water partition coefficient (Wildman–Crippen LogP) is 3.86. The van der Waals surface area contributed by atoms with Crippen LogP contribution in [0.4, 0.5) is 8.78 Å². The summed E-state index contributed by atoms with van der Waals surface area (Å²) in [5.41, 5.74) is 0.392. The summed E-state index contributed by atoms with van der Waals surface area (Å²) >= 11 is 0. The molecule has 1 saturated carbocycles. The molecule has 0 radical (unpaired) electrons. The number of halogens is 3. The highest BCUT2D eigenvalue weighted by atomic mass is 127. The summed E-state index contributed by atoms with van der Waals surface area (Å²) in [6.07, 6.45) is 6.00. The summed E-state index contributed by atoms with van der Waals surface area (Å²) in [6, 6.07) is 0.331. The van der Waals surface area contributed by atoms with Crippen molar-refractivity contribution in [1.82, 2.24) is 15.5 Å². The van der Waals surface area contributed by atoms with Gasteiger partial charge in [0.15, 0.2) is 5.96 Å². The van der Waals surface area contributed by atoms with Crippen LogP contribution in [0.5, 0.6) is 0 Å². The van der Waals surface area contributed by atoms with E-state index in [9.17, 15) is 8.78 Å². The molecule has 2 aliphatic rings. The third-order valence-corrected chi connectivity index (χ3v) is 5.66. The summed E-state index contributed by atoms with van der Waals surface area (Å²) in [4.78, 5) is 6.72. The van der Waals surface area contributed by atoms with Crippen molar-refractivity contribution < 1.29 is 8.78 Å². The zero-order valence-electron chi connectivity index (χ0n) is 15.7. The van der Waals surface area contributed by atoms with Gasteiger partial charge >= 0.3 is 0 Å². The lowest BCUT2D eigenvalue weighted by atomic mass is 9.84. The van der Waals surface area contributed by atoms with Gasteiger partial charge in [-0.05, 0) is 44.4 Å². The van der Waals surface area contributed by atoms with Crippen LogP contribution in [0.1, 0.15) is 58.8 Å². The van der Waals surface area contributed by atoms with Gasteiger partial charge in [0.25, 0.3) is 6.43 Å². The molecule has 0 spiro atoms. The van der Waals surface area contributed by atoms with E-state index in [4.69, 9.17) is 4.99 Å². The van der Waals surface area contributed by atoms with Crippen molar-refractivity contribution in [2.24, 2.45) is 10.4 Å². The number of hydrogen-bond acceptors (Lipinski definition) is 2. The van der Waals surface area contributed by atoms with Gasteiger partial charge < -0.3 is 10.6 Å². The first-order valence-electron chi connectivity index (χ1n) is 9.62. The number of guanidine groups is 1. The summed E-state index contributed by atoms with van der Waals surface area (Å²) < 4.78 is 24.9. The highest BCUT2D eigenvalue weighted by molar-refractivity contribution is 14.0. The molecule has 2 N–H and O–H groups in total. The van der Waals surface area contributed by atoms with Gasteiger partial charge in [0, 0.05) is 32.2 Å². The molecule has 1 aliphatic heterocycles. The number of alkyl halides is 2. The Labute approximate surface area is 168 Å². The topological polar surface area (TPSA) is 39.7 Å². The van der Waals surface area contributed by atoms with Gasteiger partial charge in [-0.25, -0.2) is 8.78 Å². The normalized spacial score (nSPS) is 22.0. The number of nitrogens with one attached hydrogen (secondary N) is 2. The first kappa shape index (κ1) is 22.9. The van der Waals surface area contributed by atoms with E-state index in [1.54, 1.807) is 0 Å². The number of likely N-dealkylation sites (tertiary alicyclic amines) is 1. The lowest BCUT2D eigenvalue weighted by molar-refractivity contribution is 0.0744. The van der Waals surface area contributed by atoms with E-state index in [-0.39, 0.29) is 30.5 Å². The maximum absolute atomic E-state index is 12.5. The fourth-order valence-corrected chi connectivity index (χ4v) is 3.96. The molecule has 7 heteroatoms. The molecule has 0 aromatic rings. The Kier molecular flexibility index (Phi) is 10.5. The fourth-order valence-electron chi connectivity index (χ4n) is 3.96. The molecule has 0 unspecified atom stereocenters. The highest BCUT2D eigenvalue weighted by Gasteiger charge is 2.32. The molecule has 0 atom stereocenters. The zero-order chi connectivity index (χ0) is 17.4. The number of rotatable bonds is 7. The molecular formula is C18H35F2IN4. The molecular weight excluding hydrogens is 437 g/mol. The fraction of sp³-hybridized carbons (Fsp3) is 0.944. The maximum Gasteiger partial charge on any atom is 0.251 e. The molecule has 0 aromatic heterocycles. The number of hydrogen-bond donors (Lipinski definition) is 2. The quantitative estimate of drug-likeness (QED) is 0.336. The summed E-state index contributed by atoms with van der Waals surface area (Å²) in [5.74, 6) is 0.893.